The van der Waals surface area contributed by atoms with Crippen molar-refractivity contribution in [2.24, 2.45) is 5.92 Å². The number of piperidine rings is 2. The normalized spacial score (nSPS) is 45.2. The number of hydrogen-bond donors (Lipinski definition) is 3. The van der Waals surface area contributed by atoms with Crippen LogP contribution in [0.25, 0.3) is 0 Å². The fourth-order valence-corrected chi connectivity index (χ4v) is 3.70. The molecule has 6 heteroatoms. The van der Waals surface area contributed by atoms with Crippen molar-refractivity contribution in [3.63, 3.8) is 0 Å². The second kappa shape index (κ2) is 4.75. The Morgan fingerprint density at radius 2 is 2.05 bits per heavy atom. The predicted molar refractivity (Wildman–Crippen MR) is 65.8 cm³/mol. The molecular formula is C13H19N3O3. The van der Waals surface area contributed by atoms with Crippen molar-refractivity contribution in [3.05, 3.63) is 0 Å². The van der Waals surface area contributed by atoms with Crippen LogP contribution in [0, 0.1) is 17.2 Å². The van der Waals surface area contributed by atoms with Crippen molar-refractivity contribution in [1.82, 2.24) is 10.2 Å². The molecule has 3 N–H and O–H groups in total. The van der Waals surface area contributed by atoms with Gasteiger partial charge in [-0.2, -0.15) is 5.26 Å². The first-order valence-corrected chi connectivity index (χ1v) is 6.95. The first-order chi connectivity index (χ1) is 9.13. The lowest BCUT2D eigenvalue weighted by Crippen LogP contribution is -2.69. The van der Waals surface area contributed by atoms with Crippen molar-refractivity contribution in [1.29, 1.82) is 5.26 Å². The minimum Gasteiger partial charge on any atom is -0.390 e. The highest BCUT2D eigenvalue weighted by atomic mass is 16.3. The van der Waals surface area contributed by atoms with E-state index in [2.05, 4.69) is 11.4 Å². The number of aliphatic hydroxyl groups excluding tert-OH is 2. The first kappa shape index (κ1) is 12.9. The zero-order chi connectivity index (χ0) is 13.6. The maximum absolute atomic E-state index is 12.5. The van der Waals surface area contributed by atoms with Gasteiger partial charge in [-0.05, 0) is 25.7 Å². The van der Waals surface area contributed by atoms with Crippen LogP contribution < -0.4 is 5.32 Å². The van der Waals surface area contributed by atoms with Crippen LogP contribution in [0.4, 0.5) is 0 Å². The highest BCUT2D eigenvalue weighted by Gasteiger charge is 2.51. The summed E-state index contributed by atoms with van der Waals surface area (Å²) < 4.78 is 0. The lowest BCUT2D eigenvalue weighted by atomic mass is 9.72. The molecule has 0 aromatic heterocycles. The van der Waals surface area contributed by atoms with E-state index < -0.39 is 18.2 Å². The van der Waals surface area contributed by atoms with E-state index in [1.165, 1.54) is 0 Å². The van der Waals surface area contributed by atoms with Crippen LogP contribution in [-0.2, 0) is 4.79 Å². The molecule has 104 valence electrons. The third-order valence-electron chi connectivity index (χ3n) is 4.78. The summed E-state index contributed by atoms with van der Waals surface area (Å²) >= 11 is 0. The van der Waals surface area contributed by atoms with Gasteiger partial charge in [0, 0.05) is 18.5 Å². The Kier molecular flexibility index (Phi) is 3.21. The molecule has 1 saturated carbocycles. The maximum atomic E-state index is 12.5. The van der Waals surface area contributed by atoms with E-state index in [0.29, 0.717) is 6.54 Å². The number of rotatable bonds is 1. The number of amides is 1. The largest absolute Gasteiger partial charge is 0.390 e. The Morgan fingerprint density at radius 1 is 1.26 bits per heavy atom. The Hall–Kier alpha value is -1.16. The molecule has 19 heavy (non-hydrogen) atoms. The Labute approximate surface area is 112 Å². The molecule has 1 aliphatic carbocycles. The SMILES string of the molecule is N#C[C@@H]1CCCN1C(=O)[C@H]1N[C@H]2CC[C@@H]1[C@H](O)[C@@H]2O. The van der Waals surface area contributed by atoms with Crippen molar-refractivity contribution in [2.45, 2.75) is 56.0 Å². The number of likely N-dealkylation sites (tertiary alicyclic amines) is 1. The van der Waals surface area contributed by atoms with E-state index in [4.69, 9.17) is 5.26 Å². The maximum Gasteiger partial charge on any atom is 0.241 e. The number of carbonyl (C=O) groups excluding carboxylic acids is 1. The highest BCUT2D eigenvalue weighted by Crippen LogP contribution is 2.35. The standard InChI is InChI=1S/C13H19N3O3/c14-6-7-2-1-5-16(7)13(19)10-8-3-4-9(15-10)12(18)11(8)17/h7-12,15,17-18H,1-5H2/t7-,8-,9-,10-,11-,12+/m0/s1. The molecule has 4 fully saturated rings. The summed E-state index contributed by atoms with van der Waals surface area (Å²) in [5.74, 6) is -0.336. The second-order valence-corrected chi connectivity index (χ2v) is 5.79. The van der Waals surface area contributed by atoms with Crippen LogP contribution in [0.5, 0.6) is 0 Å². The molecule has 0 spiro atoms. The molecule has 4 aliphatic rings. The number of nitrogens with one attached hydrogen (secondary N) is 1. The van der Waals surface area contributed by atoms with Gasteiger partial charge in [-0.3, -0.25) is 4.79 Å². The van der Waals surface area contributed by atoms with Gasteiger partial charge < -0.3 is 20.4 Å². The molecule has 0 unspecified atom stereocenters. The topological polar surface area (TPSA) is 96.6 Å². The summed E-state index contributed by atoms with van der Waals surface area (Å²) in [4.78, 5) is 14.2. The molecule has 3 heterocycles. The van der Waals surface area contributed by atoms with Gasteiger partial charge in [-0.1, -0.05) is 0 Å². The number of aliphatic hydroxyl groups is 2. The van der Waals surface area contributed by atoms with Crippen LogP contribution in [0.15, 0.2) is 0 Å². The summed E-state index contributed by atoms with van der Waals surface area (Å²) in [5.41, 5.74) is 0. The predicted octanol–water partition coefficient (Wildman–Crippen LogP) is -1.03. The molecule has 3 aliphatic heterocycles. The lowest BCUT2D eigenvalue weighted by Gasteiger charge is -2.49. The van der Waals surface area contributed by atoms with Crippen molar-refractivity contribution in [2.75, 3.05) is 6.54 Å². The van der Waals surface area contributed by atoms with Gasteiger partial charge in [0.15, 0.2) is 0 Å². The molecular weight excluding hydrogens is 246 g/mol. The molecule has 2 bridgehead atoms. The number of carbonyl (C=O) groups is 1. The number of fused-ring (bicyclic) bond motifs is 3. The summed E-state index contributed by atoms with van der Waals surface area (Å²) in [6, 6.07) is 1.16. The van der Waals surface area contributed by atoms with Crippen molar-refractivity contribution in [3.8, 4) is 6.07 Å². The van der Waals surface area contributed by atoms with Gasteiger partial charge in [-0.25, -0.2) is 0 Å². The smallest absolute Gasteiger partial charge is 0.241 e. The first-order valence-electron chi connectivity index (χ1n) is 6.95. The Bertz CT molecular complexity index is 420. The zero-order valence-corrected chi connectivity index (χ0v) is 10.7. The van der Waals surface area contributed by atoms with E-state index in [-0.39, 0.29) is 23.9 Å². The summed E-state index contributed by atoms with van der Waals surface area (Å²) in [7, 11) is 0. The summed E-state index contributed by atoms with van der Waals surface area (Å²) in [6.45, 7) is 0.616. The molecule has 6 nitrogen and oxygen atoms in total. The molecule has 6 atom stereocenters. The van der Waals surface area contributed by atoms with Gasteiger partial charge in [0.05, 0.1) is 24.3 Å². The fourth-order valence-electron chi connectivity index (χ4n) is 3.70. The molecule has 4 rings (SSSR count). The average molecular weight is 265 g/mol. The minimum absolute atomic E-state index is 0.0929. The van der Waals surface area contributed by atoms with Gasteiger partial charge >= 0.3 is 0 Å². The van der Waals surface area contributed by atoms with E-state index in [9.17, 15) is 15.0 Å². The van der Waals surface area contributed by atoms with E-state index in [1.807, 2.05) is 0 Å². The minimum atomic E-state index is -0.836. The Balaban J connectivity index is 1.76. The number of hydrogen-bond acceptors (Lipinski definition) is 5. The van der Waals surface area contributed by atoms with E-state index in [0.717, 1.165) is 25.7 Å². The highest BCUT2D eigenvalue weighted by molar-refractivity contribution is 5.83. The molecule has 1 amide bonds. The molecule has 3 saturated heterocycles. The summed E-state index contributed by atoms with van der Waals surface area (Å²) in [5, 5.41) is 32.1. The zero-order valence-electron chi connectivity index (χ0n) is 10.7. The van der Waals surface area contributed by atoms with Gasteiger partial charge in [0.1, 0.15) is 6.04 Å². The van der Waals surface area contributed by atoms with Crippen LogP contribution in [0.1, 0.15) is 25.7 Å². The average Bonchev–Trinajstić information content (AvgIpc) is 2.91. The van der Waals surface area contributed by atoms with Crippen molar-refractivity contribution < 1.29 is 15.0 Å². The van der Waals surface area contributed by atoms with Crippen LogP contribution in [-0.4, -0.2) is 57.9 Å². The Morgan fingerprint density at radius 3 is 2.74 bits per heavy atom. The summed E-state index contributed by atoms with van der Waals surface area (Å²) in [6.07, 6.45) is 1.50. The van der Waals surface area contributed by atoms with E-state index >= 15 is 0 Å². The number of nitriles is 1. The van der Waals surface area contributed by atoms with E-state index in [1.54, 1.807) is 4.90 Å². The third-order valence-corrected chi connectivity index (χ3v) is 4.78. The molecule has 0 radical (unpaired) electrons. The molecule has 0 aromatic rings. The van der Waals surface area contributed by atoms with Crippen LogP contribution in [0.2, 0.25) is 0 Å². The quantitative estimate of drug-likeness (QED) is 0.563. The lowest BCUT2D eigenvalue weighted by molar-refractivity contribution is -0.150. The second-order valence-electron chi connectivity index (χ2n) is 5.79. The van der Waals surface area contributed by atoms with Crippen LogP contribution >= 0.6 is 0 Å². The number of nitrogens with zero attached hydrogens (tertiary/aromatic N) is 2. The third kappa shape index (κ3) is 1.93. The monoisotopic (exact) mass is 265 g/mol. The molecule has 0 aromatic carbocycles. The van der Waals surface area contributed by atoms with Gasteiger partial charge in [-0.15, -0.1) is 0 Å². The van der Waals surface area contributed by atoms with Gasteiger partial charge in [0.2, 0.25) is 5.91 Å². The fraction of sp³-hybridized carbons (Fsp3) is 0.846. The van der Waals surface area contributed by atoms with Gasteiger partial charge in [0.25, 0.3) is 0 Å². The van der Waals surface area contributed by atoms with Crippen LogP contribution in [0.3, 0.4) is 0 Å². The van der Waals surface area contributed by atoms with Crippen molar-refractivity contribution >= 4 is 5.91 Å².